The summed E-state index contributed by atoms with van der Waals surface area (Å²) < 4.78 is 35.3. The maximum Gasteiger partial charge on any atom is 0.282 e. The Balaban J connectivity index is 0.00000225. The van der Waals surface area contributed by atoms with Crippen LogP contribution in [-0.4, -0.2) is 62.0 Å². The van der Waals surface area contributed by atoms with Gasteiger partial charge in [-0.2, -0.15) is 17.0 Å². The molecule has 1 unspecified atom stereocenters. The van der Waals surface area contributed by atoms with E-state index in [9.17, 15) is 8.42 Å². The minimum Gasteiger partial charge on any atom is -0.373 e. The van der Waals surface area contributed by atoms with E-state index in [0.29, 0.717) is 44.4 Å². The normalized spacial score (nSPS) is 25.3. The highest BCUT2D eigenvalue weighted by molar-refractivity contribution is 7.86. The molecule has 0 amide bonds. The zero-order valence-electron chi connectivity index (χ0n) is 14.4. The molecule has 0 radical (unpaired) electrons. The first-order valence-electron chi connectivity index (χ1n) is 8.17. The molecular formula is C16H25Cl2N3O3S. The Morgan fingerprint density at radius 2 is 2.00 bits per heavy atom. The molecule has 1 aromatic carbocycles. The highest BCUT2D eigenvalue weighted by Crippen LogP contribution is 2.32. The quantitative estimate of drug-likeness (QED) is 0.829. The molecule has 6 nitrogen and oxygen atoms in total. The van der Waals surface area contributed by atoms with Crippen LogP contribution in [0, 0.1) is 0 Å². The molecule has 0 bridgehead atoms. The molecule has 2 aliphatic heterocycles. The minimum atomic E-state index is -3.58. The zero-order valence-corrected chi connectivity index (χ0v) is 16.8. The first-order valence-corrected chi connectivity index (χ1v) is 9.95. The number of hydrogen-bond donors (Lipinski definition) is 1. The van der Waals surface area contributed by atoms with E-state index >= 15 is 0 Å². The van der Waals surface area contributed by atoms with Gasteiger partial charge in [-0.3, -0.25) is 0 Å². The van der Waals surface area contributed by atoms with E-state index in [4.69, 9.17) is 16.3 Å². The molecule has 25 heavy (non-hydrogen) atoms. The van der Waals surface area contributed by atoms with Crippen molar-refractivity contribution in [3.8, 4) is 0 Å². The molecule has 3 rings (SSSR count). The first-order chi connectivity index (χ1) is 11.3. The summed E-state index contributed by atoms with van der Waals surface area (Å²) in [5.74, 6) is 0. The highest BCUT2D eigenvalue weighted by Gasteiger charge is 2.41. The Bertz CT molecular complexity index is 700. The van der Waals surface area contributed by atoms with Gasteiger partial charge in [0.1, 0.15) is 0 Å². The van der Waals surface area contributed by atoms with Gasteiger partial charge in [-0.1, -0.05) is 29.8 Å². The van der Waals surface area contributed by atoms with Gasteiger partial charge in [0.2, 0.25) is 0 Å². The molecule has 0 aliphatic carbocycles. The molecule has 2 saturated heterocycles. The van der Waals surface area contributed by atoms with Crippen molar-refractivity contribution in [3.05, 3.63) is 34.9 Å². The Labute approximate surface area is 161 Å². The van der Waals surface area contributed by atoms with Gasteiger partial charge >= 0.3 is 0 Å². The van der Waals surface area contributed by atoms with Gasteiger partial charge in [-0.15, -0.1) is 12.4 Å². The van der Waals surface area contributed by atoms with Crippen LogP contribution < -0.4 is 5.32 Å². The van der Waals surface area contributed by atoms with Crippen LogP contribution in [0.3, 0.4) is 0 Å². The number of morpholine rings is 1. The largest absolute Gasteiger partial charge is 0.373 e. The first kappa shape index (κ1) is 20.9. The second kappa shape index (κ2) is 8.08. The number of ether oxygens (including phenoxy) is 1. The molecule has 2 fully saturated rings. The lowest BCUT2D eigenvalue weighted by atomic mass is 10.1. The average Bonchev–Trinajstić information content (AvgIpc) is 2.54. The Morgan fingerprint density at radius 1 is 1.28 bits per heavy atom. The number of nitrogens with one attached hydrogen (secondary N) is 1. The summed E-state index contributed by atoms with van der Waals surface area (Å²) in [5.41, 5.74) is 0.363. The molecule has 1 atom stereocenters. The second-order valence-corrected chi connectivity index (χ2v) is 9.09. The van der Waals surface area contributed by atoms with Crippen LogP contribution in [0.15, 0.2) is 24.3 Å². The number of halogens is 2. The minimum absolute atomic E-state index is 0. The van der Waals surface area contributed by atoms with Crippen LogP contribution in [0.25, 0.3) is 0 Å². The van der Waals surface area contributed by atoms with Crippen molar-refractivity contribution in [2.45, 2.75) is 25.5 Å². The van der Waals surface area contributed by atoms with Gasteiger partial charge in [0.05, 0.1) is 18.2 Å². The molecule has 142 valence electrons. The second-order valence-electron chi connectivity index (χ2n) is 6.80. The van der Waals surface area contributed by atoms with E-state index in [1.165, 1.54) is 4.31 Å². The van der Waals surface area contributed by atoms with Gasteiger partial charge in [0.15, 0.2) is 0 Å². The van der Waals surface area contributed by atoms with E-state index in [1.54, 1.807) is 10.4 Å². The molecule has 1 N–H and O–H groups in total. The van der Waals surface area contributed by atoms with E-state index in [1.807, 2.05) is 32.0 Å². The fraction of sp³-hybridized carbons (Fsp3) is 0.625. The van der Waals surface area contributed by atoms with Crippen LogP contribution >= 0.6 is 24.0 Å². The maximum absolute atomic E-state index is 13.2. The zero-order chi connectivity index (χ0) is 17.4. The van der Waals surface area contributed by atoms with Crippen molar-refractivity contribution < 1.29 is 13.2 Å². The summed E-state index contributed by atoms with van der Waals surface area (Å²) in [6.07, 6.45) is 0. The Morgan fingerprint density at radius 3 is 2.68 bits per heavy atom. The summed E-state index contributed by atoms with van der Waals surface area (Å²) in [7, 11) is -3.58. The predicted octanol–water partition coefficient (Wildman–Crippen LogP) is 2.06. The summed E-state index contributed by atoms with van der Waals surface area (Å²) in [6.45, 7) is 6.59. The molecule has 2 heterocycles. The number of rotatable bonds is 3. The lowest BCUT2D eigenvalue weighted by Gasteiger charge is -2.43. The molecular weight excluding hydrogens is 385 g/mol. The van der Waals surface area contributed by atoms with E-state index < -0.39 is 15.8 Å². The maximum atomic E-state index is 13.2. The molecule has 1 aromatic rings. The monoisotopic (exact) mass is 409 g/mol. The van der Waals surface area contributed by atoms with Crippen molar-refractivity contribution in [2.24, 2.45) is 0 Å². The van der Waals surface area contributed by atoms with Gasteiger partial charge in [0, 0.05) is 37.7 Å². The van der Waals surface area contributed by atoms with Crippen molar-refractivity contribution >= 4 is 34.2 Å². The molecule has 0 spiro atoms. The van der Waals surface area contributed by atoms with Gasteiger partial charge < -0.3 is 10.1 Å². The van der Waals surface area contributed by atoms with Crippen molar-refractivity contribution in [1.29, 1.82) is 0 Å². The van der Waals surface area contributed by atoms with Crippen LogP contribution in [0.4, 0.5) is 0 Å². The highest BCUT2D eigenvalue weighted by atomic mass is 35.5. The third-order valence-corrected chi connectivity index (χ3v) is 6.81. The van der Waals surface area contributed by atoms with Gasteiger partial charge in [0.25, 0.3) is 10.2 Å². The molecule has 9 heteroatoms. The fourth-order valence-corrected chi connectivity index (χ4v) is 5.46. The SMILES string of the molecule is CC1(C)CN(S(=O)(=O)N2CCNCC2c2ccccc2Cl)CCO1.Cl. The third kappa shape index (κ3) is 4.47. The smallest absolute Gasteiger partial charge is 0.282 e. The predicted molar refractivity (Wildman–Crippen MR) is 102 cm³/mol. The van der Waals surface area contributed by atoms with E-state index in [0.717, 1.165) is 5.56 Å². The summed E-state index contributed by atoms with van der Waals surface area (Å²) >= 11 is 6.32. The lowest BCUT2D eigenvalue weighted by Crippen LogP contribution is -2.58. The van der Waals surface area contributed by atoms with Gasteiger partial charge in [-0.05, 0) is 25.5 Å². The third-order valence-electron chi connectivity index (χ3n) is 4.47. The average molecular weight is 410 g/mol. The Kier molecular flexibility index (Phi) is 6.76. The number of nitrogens with zero attached hydrogens (tertiary/aromatic N) is 2. The lowest BCUT2D eigenvalue weighted by molar-refractivity contribution is -0.0656. The van der Waals surface area contributed by atoms with Crippen LogP contribution in [0.2, 0.25) is 5.02 Å². The summed E-state index contributed by atoms with van der Waals surface area (Å²) in [4.78, 5) is 0. The summed E-state index contributed by atoms with van der Waals surface area (Å²) in [5, 5.41) is 3.87. The number of benzene rings is 1. The molecule has 2 aliphatic rings. The van der Waals surface area contributed by atoms with Crippen molar-refractivity contribution in [3.63, 3.8) is 0 Å². The van der Waals surface area contributed by atoms with Crippen molar-refractivity contribution in [2.75, 3.05) is 39.3 Å². The van der Waals surface area contributed by atoms with Crippen molar-refractivity contribution in [1.82, 2.24) is 13.9 Å². The number of hydrogen-bond acceptors (Lipinski definition) is 4. The topological polar surface area (TPSA) is 61.9 Å². The summed E-state index contributed by atoms with van der Waals surface area (Å²) in [6, 6.07) is 7.13. The molecule has 0 aromatic heterocycles. The molecule has 0 saturated carbocycles. The fourth-order valence-electron chi connectivity index (χ4n) is 3.29. The van der Waals surface area contributed by atoms with Gasteiger partial charge in [-0.25, -0.2) is 0 Å². The van der Waals surface area contributed by atoms with Crippen LogP contribution in [-0.2, 0) is 14.9 Å². The standard InChI is InChI=1S/C16H24ClN3O3S.ClH/c1-16(2)12-19(9-10-23-16)24(21,22)20-8-7-18-11-15(20)13-5-3-4-6-14(13)17;/h3-6,15,18H,7-12H2,1-2H3;1H. The Hall–Kier alpha value is -0.410. The van der Waals surface area contributed by atoms with Crippen LogP contribution in [0.5, 0.6) is 0 Å². The van der Waals surface area contributed by atoms with E-state index in [-0.39, 0.29) is 18.4 Å². The van der Waals surface area contributed by atoms with E-state index in [2.05, 4.69) is 5.32 Å². The number of piperazine rings is 1. The van der Waals surface area contributed by atoms with Crippen LogP contribution in [0.1, 0.15) is 25.5 Å².